The third-order valence-corrected chi connectivity index (χ3v) is 1.22. The first-order valence-electron chi connectivity index (χ1n) is 3.21. The fourth-order valence-corrected chi connectivity index (χ4v) is 0.771. The average molecular weight is 151 g/mol. The largest absolute Gasteiger partial charge is 0.384 e. The van der Waals surface area contributed by atoms with Gasteiger partial charge >= 0.3 is 0 Å². The summed E-state index contributed by atoms with van der Waals surface area (Å²) in [4.78, 5) is 18.5. The van der Waals surface area contributed by atoms with Crippen LogP contribution in [0.4, 0.5) is 5.82 Å². The molecule has 2 N–H and O–H groups in total. The van der Waals surface area contributed by atoms with Crippen molar-refractivity contribution >= 4 is 11.6 Å². The Bertz CT molecular complexity index is 275. The molecule has 0 bridgehead atoms. The van der Waals surface area contributed by atoms with Gasteiger partial charge in [-0.15, -0.1) is 0 Å². The molecule has 0 saturated carbocycles. The number of hydrogen-bond acceptors (Lipinski definition) is 4. The van der Waals surface area contributed by atoms with Crippen LogP contribution in [0, 0.1) is 6.92 Å². The number of carbonyl (C=O) groups is 1. The molecule has 4 nitrogen and oxygen atoms in total. The predicted molar refractivity (Wildman–Crippen MR) is 41.2 cm³/mol. The molecule has 1 rings (SSSR count). The number of anilines is 1. The Hall–Kier alpha value is -1.45. The van der Waals surface area contributed by atoms with E-state index in [1.165, 1.54) is 13.0 Å². The zero-order chi connectivity index (χ0) is 8.43. The lowest BCUT2D eigenvalue weighted by Gasteiger charge is -1.97. The highest BCUT2D eigenvalue weighted by Crippen LogP contribution is 2.02. The molecule has 0 spiro atoms. The van der Waals surface area contributed by atoms with Gasteiger partial charge in [-0.05, 0) is 6.92 Å². The van der Waals surface area contributed by atoms with Crippen molar-refractivity contribution in [1.29, 1.82) is 0 Å². The molecule has 1 aromatic heterocycles. The fourth-order valence-electron chi connectivity index (χ4n) is 0.771. The van der Waals surface area contributed by atoms with Crippen LogP contribution in [0.2, 0.25) is 0 Å². The Morgan fingerprint density at radius 2 is 2.18 bits per heavy atom. The zero-order valence-corrected chi connectivity index (χ0v) is 6.46. The number of nitrogens with zero attached hydrogens (tertiary/aromatic N) is 2. The van der Waals surface area contributed by atoms with E-state index in [0.29, 0.717) is 17.3 Å². The summed E-state index contributed by atoms with van der Waals surface area (Å²) in [6, 6.07) is 1.47. The standard InChI is InChI=1S/C7H9N3O/c1-4(11)6-3-7(8)10-5(2)9-6/h3H,1-2H3,(H2,8,9,10). The van der Waals surface area contributed by atoms with Gasteiger partial charge < -0.3 is 5.73 Å². The summed E-state index contributed by atoms with van der Waals surface area (Å²) >= 11 is 0. The number of aryl methyl sites for hydroxylation is 1. The van der Waals surface area contributed by atoms with Crippen molar-refractivity contribution in [3.63, 3.8) is 0 Å². The van der Waals surface area contributed by atoms with Gasteiger partial charge in [0, 0.05) is 13.0 Å². The van der Waals surface area contributed by atoms with Gasteiger partial charge in [0.2, 0.25) is 0 Å². The van der Waals surface area contributed by atoms with Crippen LogP contribution < -0.4 is 5.73 Å². The SMILES string of the molecule is CC(=O)c1cc(N)nc(C)n1. The van der Waals surface area contributed by atoms with Crippen molar-refractivity contribution in [2.24, 2.45) is 0 Å². The summed E-state index contributed by atoms with van der Waals surface area (Å²) in [5.41, 5.74) is 5.76. The minimum atomic E-state index is -0.0952. The Morgan fingerprint density at radius 1 is 1.55 bits per heavy atom. The summed E-state index contributed by atoms with van der Waals surface area (Å²) in [5.74, 6) is 0.764. The molecule has 11 heavy (non-hydrogen) atoms. The highest BCUT2D eigenvalue weighted by Gasteiger charge is 2.02. The summed E-state index contributed by atoms with van der Waals surface area (Å²) in [6.07, 6.45) is 0. The van der Waals surface area contributed by atoms with Crippen LogP contribution in [-0.2, 0) is 0 Å². The Labute approximate surface area is 64.5 Å². The maximum Gasteiger partial charge on any atom is 0.178 e. The lowest BCUT2D eigenvalue weighted by Crippen LogP contribution is -2.03. The van der Waals surface area contributed by atoms with Crippen LogP contribution in [-0.4, -0.2) is 15.8 Å². The summed E-state index contributed by atoms with van der Waals surface area (Å²) in [5, 5.41) is 0. The molecular formula is C7H9N3O. The topological polar surface area (TPSA) is 68.9 Å². The molecular weight excluding hydrogens is 142 g/mol. The van der Waals surface area contributed by atoms with Crippen LogP contribution in [0.3, 0.4) is 0 Å². The number of hydrogen-bond donors (Lipinski definition) is 1. The molecule has 0 amide bonds. The first-order valence-corrected chi connectivity index (χ1v) is 3.21. The minimum Gasteiger partial charge on any atom is -0.384 e. The van der Waals surface area contributed by atoms with E-state index in [2.05, 4.69) is 9.97 Å². The first kappa shape index (κ1) is 7.65. The lowest BCUT2D eigenvalue weighted by atomic mass is 10.3. The van der Waals surface area contributed by atoms with Gasteiger partial charge in [0.05, 0.1) is 0 Å². The van der Waals surface area contributed by atoms with Crippen molar-refractivity contribution in [1.82, 2.24) is 9.97 Å². The van der Waals surface area contributed by atoms with Crippen LogP contribution in [0.1, 0.15) is 23.2 Å². The highest BCUT2D eigenvalue weighted by atomic mass is 16.1. The summed E-state index contributed by atoms with van der Waals surface area (Å²) < 4.78 is 0. The minimum absolute atomic E-state index is 0.0952. The number of Topliss-reactive ketones (excluding diaryl/α,β-unsaturated/α-hetero) is 1. The second-order valence-corrected chi connectivity index (χ2v) is 2.28. The summed E-state index contributed by atoms with van der Waals surface area (Å²) in [7, 11) is 0. The predicted octanol–water partition coefficient (Wildman–Crippen LogP) is 0.570. The Balaban J connectivity index is 3.19. The average Bonchev–Trinajstić information content (AvgIpc) is 1.85. The fraction of sp³-hybridized carbons (Fsp3) is 0.286. The normalized spacial score (nSPS) is 9.64. The second-order valence-electron chi connectivity index (χ2n) is 2.28. The highest BCUT2D eigenvalue weighted by molar-refractivity contribution is 5.92. The van der Waals surface area contributed by atoms with Gasteiger partial charge in [-0.25, -0.2) is 9.97 Å². The maximum absolute atomic E-state index is 10.8. The van der Waals surface area contributed by atoms with Gasteiger partial charge in [-0.3, -0.25) is 4.79 Å². The van der Waals surface area contributed by atoms with Crippen LogP contribution in [0.25, 0.3) is 0 Å². The maximum atomic E-state index is 10.8. The first-order chi connectivity index (χ1) is 5.09. The van der Waals surface area contributed by atoms with E-state index < -0.39 is 0 Å². The van der Waals surface area contributed by atoms with E-state index >= 15 is 0 Å². The van der Waals surface area contributed by atoms with E-state index in [1.54, 1.807) is 6.92 Å². The lowest BCUT2D eigenvalue weighted by molar-refractivity contribution is 0.101. The molecule has 0 aliphatic carbocycles. The van der Waals surface area contributed by atoms with Crippen LogP contribution in [0.15, 0.2) is 6.07 Å². The van der Waals surface area contributed by atoms with Gasteiger partial charge in [-0.1, -0.05) is 0 Å². The number of ketones is 1. The molecule has 4 heteroatoms. The molecule has 0 aliphatic rings. The molecule has 0 aliphatic heterocycles. The van der Waals surface area contributed by atoms with Crippen molar-refractivity contribution in [3.8, 4) is 0 Å². The molecule has 0 fully saturated rings. The van der Waals surface area contributed by atoms with E-state index in [9.17, 15) is 4.79 Å². The quantitative estimate of drug-likeness (QED) is 0.596. The number of nitrogens with two attached hydrogens (primary N) is 1. The second kappa shape index (κ2) is 2.65. The Morgan fingerprint density at radius 3 is 2.64 bits per heavy atom. The monoisotopic (exact) mass is 151 g/mol. The molecule has 0 atom stereocenters. The smallest absolute Gasteiger partial charge is 0.178 e. The molecule has 0 radical (unpaired) electrons. The number of carbonyl (C=O) groups excluding carboxylic acids is 1. The number of rotatable bonds is 1. The van der Waals surface area contributed by atoms with Crippen molar-refractivity contribution in [2.75, 3.05) is 5.73 Å². The third kappa shape index (κ3) is 1.73. The zero-order valence-electron chi connectivity index (χ0n) is 6.46. The van der Waals surface area contributed by atoms with Gasteiger partial charge in [0.25, 0.3) is 0 Å². The van der Waals surface area contributed by atoms with Crippen molar-refractivity contribution in [3.05, 3.63) is 17.6 Å². The van der Waals surface area contributed by atoms with Crippen LogP contribution >= 0.6 is 0 Å². The van der Waals surface area contributed by atoms with E-state index in [0.717, 1.165) is 0 Å². The molecule has 0 unspecified atom stereocenters. The van der Waals surface area contributed by atoms with Crippen molar-refractivity contribution in [2.45, 2.75) is 13.8 Å². The van der Waals surface area contributed by atoms with Gasteiger partial charge in [0.15, 0.2) is 5.78 Å². The molecule has 0 saturated heterocycles. The van der Waals surface area contributed by atoms with Crippen molar-refractivity contribution < 1.29 is 4.79 Å². The van der Waals surface area contributed by atoms with Gasteiger partial charge in [0.1, 0.15) is 17.3 Å². The number of aromatic nitrogens is 2. The van der Waals surface area contributed by atoms with Gasteiger partial charge in [-0.2, -0.15) is 0 Å². The van der Waals surface area contributed by atoms with E-state index in [-0.39, 0.29) is 5.78 Å². The molecule has 58 valence electrons. The number of nitrogen functional groups attached to an aromatic ring is 1. The van der Waals surface area contributed by atoms with E-state index in [4.69, 9.17) is 5.73 Å². The van der Waals surface area contributed by atoms with E-state index in [1.807, 2.05) is 0 Å². The molecule has 1 aromatic rings. The third-order valence-electron chi connectivity index (χ3n) is 1.22. The summed E-state index contributed by atoms with van der Waals surface area (Å²) in [6.45, 7) is 3.14. The Kier molecular flexibility index (Phi) is 1.85. The molecule has 0 aromatic carbocycles. The van der Waals surface area contributed by atoms with Crippen LogP contribution in [0.5, 0.6) is 0 Å². The molecule has 1 heterocycles.